The standard InChI is InChI=1S/C16H15N3O3/c17-7-8-18-15(20)14(19-16(21)22)10-11-5-6-12-3-1-2-4-13(12)9-11/h1-6,9,14,19H,8,10H2,(H,18,20)(H,21,22). The molecule has 0 radical (unpaired) electrons. The van der Waals surface area contributed by atoms with Crippen molar-refractivity contribution in [3.8, 4) is 6.07 Å². The Hall–Kier alpha value is -3.07. The molecular weight excluding hydrogens is 282 g/mol. The highest BCUT2D eigenvalue weighted by molar-refractivity contribution is 5.86. The van der Waals surface area contributed by atoms with Gasteiger partial charge in [0.15, 0.2) is 0 Å². The van der Waals surface area contributed by atoms with Crippen LogP contribution in [0.15, 0.2) is 42.5 Å². The molecule has 2 amide bonds. The highest BCUT2D eigenvalue weighted by atomic mass is 16.4. The Kier molecular flexibility index (Phi) is 4.94. The minimum atomic E-state index is -1.28. The summed E-state index contributed by atoms with van der Waals surface area (Å²) in [4.78, 5) is 22.8. The van der Waals surface area contributed by atoms with Crippen LogP contribution in [0.5, 0.6) is 0 Å². The SMILES string of the molecule is N#CCNC(=O)C(Cc1ccc2ccccc2c1)NC(=O)O. The van der Waals surface area contributed by atoms with Gasteiger partial charge in [-0.15, -0.1) is 0 Å². The van der Waals surface area contributed by atoms with E-state index in [1.165, 1.54) is 0 Å². The number of benzene rings is 2. The zero-order valence-electron chi connectivity index (χ0n) is 11.7. The molecule has 0 saturated heterocycles. The van der Waals surface area contributed by atoms with Crippen molar-refractivity contribution in [2.45, 2.75) is 12.5 Å². The number of carbonyl (C=O) groups excluding carboxylic acids is 1. The van der Waals surface area contributed by atoms with Gasteiger partial charge in [0.2, 0.25) is 5.91 Å². The molecule has 2 aromatic carbocycles. The van der Waals surface area contributed by atoms with E-state index in [0.29, 0.717) is 0 Å². The minimum Gasteiger partial charge on any atom is -0.465 e. The lowest BCUT2D eigenvalue weighted by molar-refractivity contribution is -0.122. The molecule has 0 bridgehead atoms. The number of fused-ring (bicyclic) bond motifs is 1. The first kappa shape index (κ1) is 15.3. The van der Waals surface area contributed by atoms with Crippen molar-refractivity contribution in [1.29, 1.82) is 5.26 Å². The number of amides is 2. The number of nitriles is 1. The van der Waals surface area contributed by atoms with Gasteiger partial charge < -0.3 is 15.7 Å². The van der Waals surface area contributed by atoms with E-state index in [2.05, 4.69) is 10.6 Å². The van der Waals surface area contributed by atoms with Crippen LogP contribution in [0.4, 0.5) is 4.79 Å². The Labute approximate surface area is 127 Å². The normalized spacial score (nSPS) is 11.4. The van der Waals surface area contributed by atoms with Gasteiger partial charge in [-0.1, -0.05) is 42.5 Å². The van der Waals surface area contributed by atoms with Crippen molar-refractivity contribution in [2.75, 3.05) is 6.54 Å². The lowest BCUT2D eigenvalue weighted by Gasteiger charge is -2.16. The molecule has 112 valence electrons. The van der Waals surface area contributed by atoms with Crippen LogP contribution >= 0.6 is 0 Å². The first-order valence-electron chi connectivity index (χ1n) is 6.72. The fraction of sp³-hybridized carbons (Fsp3) is 0.188. The average Bonchev–Trinajstić information content (AvgIpc) is 2.51. The van der Waals surface area contributed by atoms with Crippen LogP contribution in [0.3, 0.4) is 0 Å². The monoisotopic (exact) mass is 297 g/mol. The van der Waals surface area contributed by atoms with E-state index in [-0.39, 0.29) is 13.0 Å². The van der Waals surface area contributed by atoms with E-state index in [4.69, 9.17) is 10.4 Å². The third kappa shape index (κ3) is 3.96. The Morgan fingerprint density at radius 2 is 1.91 bits per heavy atom. The Bertz CT molecular complexity index is 737. The highest BCUT2D eigenvalue weighted by Gasteiger charge is 2.20. The van der Waals surface area contributed by atoms with Crippen molar-refractivity contribution in [2.24, 2.45) is 0 Å². The van der Waals surface area contributed by atoms with Crippen LogP contribution in [0.1, 0.15) is 5.56 Å². The average molecular weight is 297 g/mol. The summed E-state index contributed by atoms with van der Waals surface area (Å²) in [7, 11) is 0. The summed E-state index contributed by atoms with van der Waals surface area (Å²) in [6.07, 6.45) is -1.06. The third-order valence-corrected chi connectivity index (χ3v) is 3.21. The van der Waals surface area contributed by atoms with Crippen LogP contribution < -0.4 is 10.6 Å². The largest absolute Gasteiger partial charge is 0.465 e. The van der Waals surface area contributed by atoms with E-state index in [1.807, 2.05) is 42.5 Å². The van der Waals surface area contributed by atoms with Crippen molar-refractivity contribution in [3.63, 3.8) is 0 Å². The maximum Gasteiger partial charge on any atom is 0.405 e. The molecule has 0 aliphatic carbocycles. The molecule has 0 spiro atoms. The van der Waals surface area contributed by atoms with Gasteiger partial charge >= 0.3 is 6.09 Å². The third-order valence-electron chi connectivity index (χ3n) is 3.21. The van der Waals surface area contributed by atoms with Crippen molar-refractivity contribution >= 4 is 22.8 Å². The summed E-state index contributed by atoms with van der Waals surface area (Å²) in [6, 6.07) is 14.3. The molecule has 22 heavy (non-hydrogen) atoms. The fourth-order valence-electron chi connectivity index (χ4n) is 2.21. The summed E-state index contributed by atoms with van der Waals surface area (Å²) < 4.78 is 0. The predicted molar refractivity (Wildman–Crippen MR) is 81.2 cm³/mol. The Morgan fingerprint density at radius 3 is 2.59 bits per heavy atom. The van der Waals surface area contributed by atoms with Gasteiger partial charge in [-0.25, -0.2) is 4.79 Å². The number of nitrogens with one attached hydrogen (secondary N) is 2. The molecule has 0 aliphatic heterocycles. The Morgan fingerprint density at radius 1 is 1.18 bits per heavy atom. The van der Waals surface area contributed by atoms with E-state index >= 15 is 0 Å². The van der Waals surface area contributed by atoms with Gasteiger partial charge in [0, 0.05) is 6.42 Å². The van der Waals surface area contributed by atoms with Crippen LogP contribution in [0.25, 0.3) is 10.8 Å². The van der Waals surface area contributed by atoms with Crippen LogP contribution in [0, 0.1) is 11.3 Å². The minimum absolute atomic E-state index is 0.158. The second-order valence-electron chi connectivity index (χ2n) is 4.76. The molecule has 0 aromatic heterocycles. The number of rotatable bonds is 5. The number of carboxylic acid groups (broad SMARTS) is 1. The van der Waals surface area contributed by atoms with Crippen molar-refractivity contribution < 1.29 is 14.7 Å². The molecule has 0 fully saturated rings. The quantitative estimate of drug-likeness (QED) is 0.730. The lowest BCUT2D eigenvalue weighted by Crippen LogP contribution is -2.47. The second kappa shape index (κ2) is 7.09. The van der Waals surface area contributed by atoms with E-state index in [1.54, 1.807) is 6.07 Å². The van der Waals surface area contributed by atoms with Crippen molar-refractivity contribution in [1.82, 2.24) is 10.6 Å². The molecule has 0 heterocycles. The van der Waals surface area contributed by atoms with E-state index in [9.17, 15) is 9.59 Å². The number of hydrogen-bond acceptors (Lipinski definition) is 3. The molecule has 2 aromatic rings. The summed E-state index contributed by atoms with van der Waals surface area (Å²) in [5.74, 6) is -0.517. The van der Waals surface area contributed by atoms with Gasteiger partial charge in [0.25, 0.3) is 0 Å². The fourth-order valence-corrected chi connectivity index (χ4v) is 2.21. The van der Waals surface area contributed by atoms with Gasteiger partial charge in [0.1, 0.15) is 12.6 Å². The van der Waals surface area contributed by atoms with Gasteiger partial charge in [0.05, 0.1) is 6.07 Å². The zero-order chi connectivity index (χ0) is 15.9. The van der Waals surface area contributed by atoms with Gasteiger partial charge in [-0.2, -0.15) is 5.26 Å². The topological polar surface area (TPSA) is 102 Å². The number of hydrogen-bond donors (Lipinski definition) is 3. The molecule has 6 heteroatoms. The molecule has 6 nitrogen and oxygen atoms in total. The highest BCUT2D eigenvalue weighted by Crippen LogP contribution is 2.16. The van der Waals surface area contributed by atoms with Crippen LogP contribution in [-0.4, -0.2) is 29.7 Å². The molecule has 1 unspecified atom stereocenters. The predicted octanol–water partition coefficient (Wildman–Crippen LogP) is 1.66. The summed E-state index contributed by atoms with van der Waals surface area (Å²) in [6.45, 7) is -0.158. The maximum absolute atomic E-state index is 11.9. The lowest BCUT2D eigenvalue weighted by atomic mass is 10.0. The first-order chi connectivity index (χ1) is 10.6. The molecule has 1 atom stereocenters. The van der Waals surface area contributed by atoms with E-state index < -0.39 is 18.0 Å². The molecule has 3 N–H and O–H groups in total. The maximum atomic E-state index is 11.9. The van der Waals surface area contributed by atoms with Crippen molar-refractivity contribution in [3.05, 3.63) is 48.0 Å². The molecule has 2 rings (SSSR count). The summed E-state index contributed by atoms with van der Waals surface area (Å²) in [5.41, 5.74) is 0.838. The van der Waals surface area contributed by atoms with Crippen LogP contribution in [-0.2, 0) is 11.2 Å². The molecule has 0 aliphatic rings. The first-order valence-corrected chi connectivity index (χ1v) is 6.72. The van der Waals surface area contributed by atoms with Gasteiger partial charge in [-0.3, -0.25) is 4.79 Å². The molecule has 0 saturated carbocycles. The number of carbonyl (C=O) groups is 2. The summed E-state index contributed by atoms with van der Waals surface area (Å²) in [5, 5.41) is 24.0. The van der Waals surface area contributed by atoms with E-state index in [0.717, 1.165) is 16.3 Å². The van der Waals surface area contributed by atoms with Crippen LogP contribution in [0.2, 0.25) is 0 Å². The summed E-state index contributed by atoms with van der Waals surface area (Å²) >= 11 is 0. The van der Waals surface area contributed by atoms with Gasteiger partial charge in [-0.05, 0) is 16.3 Å². The zero-order valence-corrected chi connectivity index (χ0v) is 11.7. The molecular formula is C16H15N3O3. The Balaban J connectivity index is 2.18. The number of nitrogens with zero attached hydrogens (tertiary/aromatic N) is 1. The second-order valence-corrected chi connectivity index (χ2v) is 4.76. The smallest absolute Gasteiger partial charge is 0.405 e.